The Morgan fingerprint density at radius 2 is 2.42 bits per heavy atom. The van der Waals surface area contributed by atoms with Crippen LogP contribution < -0.4 is 10.6 Å². The monoisotopic (exact) mass is 167 g/mol. The molecule has 1 atom stereocenters. The lowest BCUT2D eigenvalue weighted by atomic mass is 10.2. The van der Waals surface area contributed by atoms with Gasteiger partial charge in [0.15, 0.2) is 0 Å². The fraction of sp³-hybridized carbons (Fsp3) is 0.556. The lowest BCUT2D eigenvalue weighted by Crippen LogP contribution is -2.25. The molecule has 0 bridgehead atoms. The highest BCUT2D eigenvalue weighted by Crippen LogP contribution is 2.10. The van der Waals surface area contributed by atoms with Crippen LogP contribution in [0.25, 0.3) is 0 Å². The molecule has 0 fully saturated rings. The average Bonchev–Trinajstić information content (AvgIpc) is 2.51. The number of nitrogens with zero attached hydrogens (tertiary/aromatic N) is 1. The summed E-state index contributed by atoms with van der Waals surface area (Å²) in [4.78, 5) is 5.22. The molecule has 0 amide bonds. The minimum Gasteiger partial charge on any atom is -0.373 e. The Bertz CT molecular complexity index is 204. The van der Waals surface area contributed by atoms with Gasteiger partial charge in [0.2, 0.25) is 0 Å². The fourth-order valence-electron chi connectivity index (χ4n) is 1.08. The SMILES string of the molecule is CC(N)CCN(C)c1cc[nH]c1. The first-order valence-electron chi connectivity index (χ1n) is 4.29. The van der Waals surface area contributed by atoms with Gasteiger partial charge in [0.1, 0.15) is 0 Å². The summed E-state index contributed by atoms with van der Waals surface area (Å²) >= 11 is 0. The zero-order valence-corrected chi connectivity index (χ0v) is 7.75. The number of hydrogen-bond donors (Lipinski definition) is 2. The fourth-order valence-corrected chi connectivity index (χ4v) is 1.08. The maximum absolute atomic E-state index is 5.66. The summed E-state index contributed by atoms with van der Waals surface area (Å²) < 4.78 is 0. The number of aromatic amines is 1. The number of rotatable bonds is 4. The van der Waals surface area contributed by atoms with Crippen molar-refractivity contribution < 1.29 is 0 Å². The van der Waals surface area contributed by atoms with Gasteiger partial charge in [-0.25, -0.2) is 0 Å². The number of nitrogens with two attached hydrogens (primary N) is 1. The first-order valence-corrected chi connectivity index (χ1v) is 4.29. The molecule has 3 N–H and O–H groups in total. The van der Waals surface area contributed by atoms with Crippen LogP contribution in [0.4, 0.5) is 5.69 Å². The molecule has 0 aliphatic rings. The first kappa shape index (κ1) is 9.13. The number of anilines is 1. The van der Waals surface area contributed by atoms with Gasteiger partial charge < -0.3 is 15.6 Å². The second-order valence-electron chi connectivity index (χ2n) is 3.26. The highest BCUT2D eigenvalue weighted by molar-refractivity contribution is 5.42. The highest BCUT2D eigenvalue weighted by atomic mass is 15.1. The predicted molar refractivity (Wildman–Crippen MR) is 52.3 cm³/mol. The van der Waals surface area contributed by atoms with Crippen LogP contribution in [0, 0.1) is 0 Å². The summed E-state index contributed by atoms with van der Waals surface area (Å²) in [5.41, 5.74) is 6.88. The van der Waals surface area contributed by atoms with Crippen molar-refractivity contribution in [1.29, 1.82) is 0 Å². The average molecular weight is 167 g/mol. The van der Waals surface area contributed by atoms with Crippen LogP contribution in [0.15, 0.2) is 18.5 Å². The van der Waals surface area contributed by atoms with Crippen molar-refractivity contribution in [3.8, 4) is 0 Å². The molecule has 68 valence electrons. The second-order valence-corrected chi connectivity index (χ2v) is 3.26. The van der Waals surface area contributed by atoms with Crippen molar-refractivity contribution in [2.75, 3.05) is 18.5 Å². The van der Waals surface area contributed by atoms with Crippen molar-refractivity contribution in [2.24, 2.45) is 5.73 Å². The van der Waals surface area contributed by atoms with Crippen molar-refractivity contribution >= 4 is 5.69 Å². The molecule has 1 aromatic rings. The third-order valence-electron chi connectivity index (χ3n) is 1.94. The molecule has 1 unspecified atom stereocenters. The van der Waals surface area contributed by atoms with Crippen LogP contribution in [0.5, 0.6) is 0 Å². The molecular formula is C9H17N3. The molecule has 3 nitrogen and oxygen atoms in total. The summed E-state index contributed by atoms with van der Waals surface area (Å²) in [5, 5.41) is 0. The maximum atomic E-state index is 5.66. The molecule has 1 rings (SSSR count). The normalized spacial score (nSPS) is 12.9. The molecule has 0 saturated heterocycles. The molecule has 0 spiro atoms. The number of nitrogens with one attached hydrogen (secondary N) is 1. The van der Waals surface area contributed by atoms with Crippen molar-refractivity contribution in [2.45, 2.75) is 19.4 Å². The number of hydrogen-bond acceptors (Lipinski definition) is 2. The Labute approximate surface area is 73.6 Å². The summed E-state index contributed by atoms with van der Waals surface area (Å²) in [6, 6.07) is 2.34. The van der Waals surface area contributed by atoms with E-state index in [1.807, 2.05) is 19.3 Å². The molecule has 0 aromatic carbocycles. The standard InChI is InChI=1S/C9H17N3/c1-8(10)4-6-12(2)9-3-5-11-7-9/h3,5,7-8,11H,4,6,10H2,1-2H3. The number of aromatic nitrogens is 1. The second kappa shape index (κ2) is 4.16. The summed E-state index contributed by atoms with van der Waals surface area (Å²) in [6.07, 6.45) is 4.95. The van der Waals surface area contributed by atoms with Gasteiger partial charge in [-0.2, -0.15) is 0 Å². The zero-order chi connectivity index (χ0) is 8.97. The van der Waals surface area contributed by atoms with E-state index in [-0.39, 0.29) is 6.04 Å². The van der Waals surface area contributed by atoms with Crippen LogP contribution in [-0.4, -0.2) is 24.6 Å². The smallest absolute Gasteiger partial charge is 0.0541 e. The van der Waals surface area contributed by atoms with E-state index in [1.165, 1.54) is 5.69 Å². The molecule has 0 radical (unpaired) electrons. The van der Waals surface area contributed by atoms with E-state index in [0.29, 0.717) is 0 Å². The molecule has 0 aliphatic heterocycles. The van der Waals surface area contributed by atoms with Gasteiger partial charge in [-0.15, -0.1) is 0 Å². The van der Waals surface area contributed by atoms with E-state index in [2.05, 4.69) is 23.0 Å². The lowest BCUT2D eigenvalue weighted by Gasteiger charge is -2.18. The van der Waals surface area contributed by atoms with Crippen molar-refractivity contribution in [1.82, 2.24) is 4.98 Å². The minimum atomic E-state index is 0.284. The predicted octanol–water partition coefficient (Wildman–Crippen LogP) is 1.19. The molecule has 1 aromatic heterocycles. The van der Waals surface area contributed by atoms with E-state index in [1.54, 1.807) is 0 Å². The Balaban J connectivity index is 2.34. The van der Waals surface area contributed by atoms with Crippen LogP contribution >= 0.6 is 0 Å². The Morgan fingerprint density at radius 3 is 2.92 bits per heavy atom. The Morgan fingerprint density at radius 1 is 1.67 bits per heavy atom. The quantitative estimate of drug-likeness (QED) is 0.707. The van der Waals surface area contributed by atoms with Gasteiger partial charge in [-0.3, -0.25) is 0 Å². The molecule has 12 heavy (non-hydrogen) atoms. The summed E-state index contributed by atoms with van der Waals surface area (Å²) in [7, 11) is 2.07. The molecule has 3 heteroatoms. The molecular weight excluding hydrogens is 150 g/mol. The third-order valence-corrected chi connectivity index (χ3v) is 1.94. The van der Waals surface area contributed by atoms with Crippen LogP contribution in [0.3, 0.4) is 0 Å². The van der Waals surface area contributed by atoms with E-state index in [0.717, 1.165) is 13.0 Å². The Kier molecular flexibility index (Phi) is 3.17. The van der Waals surface area contributed by atoms with Gasteiger partial charge >= 0.3 is 0 Å². The topological polar surface area (TPSA) is 45.0 Å². The number of H-pyrrole nitrogens is 1. The van der Waals surface area contributed by atoms with Crippen LogP contribution in [0.2, 0.25) is 0 Å². The first-order chi connectivity index (χ1) is 5.70. The zero-order valence-electron chi connectivity index (χ0n) is 7.75. The van der Waals surface area contributed by atoms with E-state index in [9.17, 15) is 0 Å². The van der Waals surface area contributed by atoms with Crippen LogP contribution in [-0.2, 0) is 0 Å². The maximum Gasteiger partial charge on any atom is 0.0541 e. The van der Waals surface area contributed by atoms with Gasteiger partial charge in [-0.1, -0.05) is 0 Å². The molecule has 0 aliphatic carbocycles. The van der Waals surface area contributed by atoms with Crippen molar-refractivity contribution in [3.05, 3.63) is 18.5 Å². The Hall–Kier alpha value is -0.960. The van der Waals surface area contributed by atoms with Gasteiger partial charge in [-0.05, 0) is 19.4 Å². The summed E-state index contributed by atoms with van der Waals surface area (Å²) in [5.74, 6) is 0. The largest absolute Gasteiger partial charge is 0.373 e. The molecule has 1 heterocycles. The van der Waals surface area contributed by atoms with Crippen molar-refractivity contribution in [3.63, 3.8) is 0 Å². The van der Waals surface area contributed by atoms with E-state index < -0.39 is 0 Å². The lowest BCUT2D eigenvalue weighted by molar-refractivity contribution is 0.659. The van der Waals surface area contributed by atoms with E-state index >= 15 is 0 Å². The van der Waals surface area contributed by atoms with Gasteiger partial charge in [0.05, 0.1) is 5.69 Å². The summed E-state index contributed by atoms with van der Waals surface area (Å²) in [6.45, 7) is 3.04. The highest BCUT2D eigenvalue weighted by Gasteiger charge is 2.01. The van der Waals surface area contributed by atoms with Crippen LogP contribution in [0.1, 0.15) is 13.3 Å². The van der Waals surface area contributed by atoms with E-state index in [4.69, 9.17) is 5.73 Å². The molecule has 0 saturated carbocycles. The third kappa shape index (κ3) is 2.58. The minimum absolute atomic E-state index is 0.284. The van der Waals surface area contributed by atoms with Gasteiger partial charge in [0, 0.05) is 32.0 Å². The van der Waals surface area contributed by atoms with Gasteiger partial charge in [0.25, 0.3) is 0 Å².